The van der Waals surface area contributed by atoms with Gasteiger partial charge in [0.2, 0.25) is 11.8 Å². The fourth-order valence-corrected chi connectivity index (χ4v) is 4.12. The van der Waals surface area contributed by atoms with Crippen LogP contribution in [-0.4, -0.2) is 17.6 Å². The molecule has 25 heavy (non-hydrogen) atoms. The van der Waals surface area contributed by atoms with Gasteiger partial charge < -0.3 is 11.1 Å². The molecule has 0 aromatic rings. The molecular weight excluding hydrogens is 316 g/mol. The van der Waals surface area contributed by atoms with E-state index in [-0.39, 0.29) is 35.4 Å². The minimum atomic E-state index is -0.285. The highest BCUT2D eigenvalue weighted by Crippen LogP contribution is 2.45. The van der Waals surface area contributed by atoms with Crippen LogP contribution in [0.2, 0.25) is 0 Å². The fraction of sp³-hybridized carbons (Fsp3) is 0.650. The minimum Gasteiger partial charge on any atom is -0.370 e. The number of hydrogen-bond donors (Lipinski definition) is 2. The molecule has 1 fully saturated rings. The predicted molar refractivity (Wildman–Crippen MR) is 97.3 cm³/mol. The van der Waals surface area contributed by atoms with E-state index in [1.54, 1.807) is 6.08 Å². The van der Waals surface area contributed by atoms with E-state index in [2.05, 4.69) is 12.2 Å². The van der Waals surface area contributed by atoms with Gasteiger partial charge in [0.25, 0.3) is 0 Å². The summed E-state index contributed by atoms with van der Waals surface area (Å²) in [7, 11) is 0. The topological polar surface area (TPSA) is 89.3 Å². The predicted octanol–water partition coefficient (Wildman–Crippen LogP) is 3.00. The fourth-order valence-electron chi connectivity index (χ4n) is 4.12. The summed E-state index contributed by atoms with van der Waals surface area (Å²) >= 11 is 0. The Hall–Kier alpha value is -1.91. The van der Waals surface area contributed by atoms with Crippen LogP contribution in [0, 0.1) is 17.8 Å². The molecule has 5 nitrogen and oxygen atoms in total. The summed E-state index contributed by atoms with van der Waals surface area (Å²) in [5, 5.41) is 2.87. The maximum absolute atomic E-state index is 12.5. The molecular formula is C20H30N2O3. The third-order valence-electron chi connectivity index (χ3n) is 5.53. The van der Waals surface area contributed by atoms with E-state index in [0.29, 0.717) is 19.3 Å². The van der Waals surface area contributed by atoms with E-state index in [9.17, 15) is 14.4 Å². The van der Waals surface area contributed by atoms with Crippen molar-refractivity contribution in [3.05, 3.63) is 23.4 Å². The summed E-state index contributed by atoms with van der Waals surface area (Å²) in [6.45, 7) is 4.05. The second kappa shape index (κ2) is 8.97. The summed E-state index contributed by atoms with van der Waals surface area (Å²) < 4.78 is 0. The van der Waals surface area contributed by atoms with Gasteiger partial charge in [0.05, 0.1) is 0 Å². The van der Waals surface area contributed by atoms with Crippen molar-refractivity contribution in [2.45, 2.75) is 65.2 Å². The quantitative estimate of drug-likeness (QED) is 0.742. The Bertz CT molecular complexity index is 592. The maximum atomic E-state index is 12.5. The van der Waals surface area contributed by atoms with E-state index in [1.807, 2.05) is 13.1 Å². The van der Waals surface area contributed by atoms with Gasteiger partial charge in [0, 0.05) is 25.0 Å². The third kappa shape index (κ3) is 5.28. The number of carbonyl (C=O) groups is 3. The molecule has 0 radical (unpaired) electrons. The number of carbonyl (C=O) groups excluding carboxylic acids is 3. The van der Waals surface area contributed by atoms with Crippen molar-refractivity contribution in [2.75, 3.05) is 0 Å². The molecule has 0 heterocycles. The molecule has 0 spiro atoms. The first kappa shape index (κ1) is 19.4. The number of unbranched alkanes of at least 4 members (excludes halogenated alkanes) is 1. The Balaban J connectivity index is 2.01. The Labute approximate surface area is 150 Å². The molecule has 0 aromatic carbocycles. The molecule has 0 unspecified atom stereocenters. The monoisotopic (exact) mass is 346 g/mol. The standard InChI is InChI=1S/C20H30N2O3/c1-3-4-5-20(25)22-12-14-6-7-16-15(8-9-19(21)24)13(2)10-18(23)17(16)11-14/h10,12,15-17H,3-9,11H2,1-2H3,(H2,21,24)(H,22,25)/b14-12-/t15-,16+,17-/m1/s1. The molecule has 138 valence electrons. The molecule has 2 aliphatic rings. The zero-order chi connectivity index (χ0) is 18.4. The van der Waals surface area contributed by atoms with E-state index in [4.69, 9.17) is 5.73 Å². The van der Waals surface area contributed by atoms with Gasteiger partial charge in [-0.25, -0.2) is 0 Å². The lowest BCUT2D eigenvalue weighted by Crippen LogP contribution is -2.37. The second-order valence-corrected chi connectivity index (χ2v) is 7.39. The Morgan fingerprint density at radius 3 is 2.80 bits per heavy atom. The number of rotatable bonds is 7. The van der Waals surface area contributed by atoms with Crippen molar-refractivity contribution in [3.8, 4) is 0 Å². The summed E-state index contributed by atoms with van der Waals surface area (Å²) in [6, 6.07) is 0. The number of hydrogen-bond acceptors (Lipinski definition) is 3. The van der Waals surface area contributed by atoms with Gasteiger partial charge in [-0.05, 0) is 56.9 Å². The zero-order valence-corrected chi connectivity index (χ0v) is 15.3. The van der Waals surface area contributed by atoms with Crippen molar-refractivity contribution in [1.82, 2.24) is 5.32 Å². The van der Waals surface area contributed by atoms with Crippen LogP contribution in [0.5, 0.6) is 0 Å². The van der Waals surface area contributed by atoms with Crippen molar-refractivity contribution < 1.29 is 14.4 Å². The SMILES string of the molecule is CCCCC(=O)N/C=C1/CC[C@H]2[C@H](CCC(N)=O)C(C)=CC(=O)[C@@H]2C1. The summed E-state index contributed by atoms with van der Waals surface area (Å²) in [6.07, 6.45) is 9.59. The van der Waals surface area contributed by atoms with Gasteiger partial charge in [-0.15, -0.1) is 0 Å². The summed E-state index contributed by atoms with van der Waals surface area (Å²) in [4.78, 5) is 35.4. The van der Waals surface area contributed by atoms with Crippen molar-refractivity contribution in [2.24, 2.45) is 23.5 Å². The van der Waals surface area contributed by atoms with Crippen LogP contribution in [-0.2, 0) is 14.4 Å². The zero-order valence-electron chi connectivity index (χ0n) is 15.3. The Morgan fingerprint density at radius 2 is 2.12 bits per heavy atom. The van der Waals surface area contributed by atoms with Crippen LogP contribution < -0.4 is 11.1 Å². The second-order valence-electron chi connectivity index (χ2n) is 7.39. The van der Waals surface area contributed by atoms with Gasteiger partial charge >= 0.3 is 0 Å². The van der Waals surface area contributed by atoms with E-state index >= 15 is 0 Å². The minimum absolute atomic E-state index is 0.0332. The highest BCUT2D eigenvalue weighted by atomic mass is 16.2. The van der Waals surface area contributed by atoms with Gasteiger partial charge in [0.15, 0.2) is 5.78 Å². The number of nitrogens with two attached hydrogens (primary N) is 1. The van der Waals surface area contributed by atoms with Crippen LogP contribution in [0.3, 0.4) is 0 Å². The number of ketones is 1. The number of fused-ring (bicyclic) bond motifs is 1. The maximum Gasteiger partial charge on any atom is 0.223 e. The number of primary amides is 1. The van der Waals surface area contributed by atoms with E-state index in [1.165, 1.54) is 0 Å². The molecule has 3 atom stereocenters. The third-order valence-corrected chi connectivity index (χ3v) is 5.53. The van der Waals surface area contributed by atoms with Crippen molar-refractivity contribution in [1.29, 1.82) is 0 Å². The number of nitrogens with one attached hydrogen (secondary N) is 1. The van der Waals surface area contributed by atoms with Crippen LogP contribution in [0.4, 0.5) is 0 Å². The van der Waals surface area contributed by atoms with Crippen LogP contribution in [0.25, 0.3) is 0 Å². The lowest BCUT2D eigenvalue weighted by Gasteiger charge is -2.40. The van der Waals surface area contributed by atoms with Crippen molar-refractivity contribution in [3.63, 3.8) is 0 Å². The molecule has 3 N–H and O–H groups in total. The highest BCUT2D eigenvalue weighted by Gasteiger charge is 2.40. The largest absolute Gasteiger partial charge is 0.370 e. The van der Waals surface area contributed by atoms with Crippen molar-refractivity contribution >= 4 is 17.6 Å². The summed E-state index contributed by atoms with van der Waals surface area (Å²) in [5.74, 6) is 0.449. The van der Waals surface area contributed by atoms with Gasteiger partial charge in [-0.3, -0.25) is 14.4 Å². The van der Waals surface area contributed by atoms with Crippen LogP contribution in [0.15, 0.2) is 23.4 Å². The lowest BCUT2D eigenvalue weighted by molar-refractivity contribution is -0.122. The van der Waals surface area contributed by atoms with Crippen LogP contribution in [0.1, 0.15) is 65.2 Å². The molecule has 5 heteroatoms. The molecule has 0 saturated heterocycles. The Kier molecular flexibility index (Phi) is 6.97. The molecule has 2 aliphatic carbocycles. The normalized spacial score (nSPS) is 27.6. The van der Waals surface area contributed by atoms with E-state index < -0.39 is 0 Å². The van der Waals surface area contributed by atoms with Gasteiger partial charge in [-0.2, -0.15) is 0 Å². The first-order valence-electron chi connectivity index (χ1n) is 9.40. The lowest BCUT2D eigenvalue weighted by atomic mass is 9.63. The molecule has 2 rings (SSSR count). The number of allylic oxidation sites excluding steroid dienone is 3. The Morgan fingerprint density at radius 1 is 1.36 bits per heavy atom. The van der Waals surface area contributed by atoms with Gasteiger partial charge in [0.1, 0.15) is 0 Å². The van der Waals surface area contributed by atoms with Gasteiger partial charge in [-0.1, -0.05) is 24.5 Å². The number of amides is 2. The molecule has 0 aromatic heterocycles. The summed E-state index contributed by atoms with van der Waals surface area (Å²) in [5.41, 5.74) is 7.52. The van der Waals surface area contributed by atoms with Crippen LogP contribution >= 0.6 is 0 Å². The first-order chi connectivity index (χ1) is 11.9. The highest BCUT2D eigenvalue weighted by molar-refractivity contribution is 5.94. The smallest absolute Gasteiger partial charge is 0.223 e. The van der Waals surface area contributed by atoms with E-state index in [0.717, 1.165) is 43.3 Å². The average Bonchev–Trinajstić information content (AvgIpc) is 2.57. The molecule has 1 saturated carbocycles. The first-order valence-corrected chi connectivity index (χ1v) is 9.40. The molecule has 2 amide bonds. The molecule has 0 aliphatic heterocycles. The molecule has 0 bridgehead atoms. The average molecular weight is 346 g/mol.